The SMILES string of the molecule is CC/C=C\C/C=C\C/C=C\C/C=C\C/C=C\CCCCCCCCCCCCCCCCCCCC(=O)OC(COC(=O)CCCCCCCCCCCCCCCCCCC/C=C\C/C=C\CCCCCCC)COP(=O)([O-])OCC[N+](C)(C)C. The first-order chi connectivity index (χ1) is 42.0. The highest BCUT2D eigenvalue weighted by atomic mass is 31.2. The van der Waals surface area contributed by atoms with Crippen molar-refractivity contribution in [2.45, 2.75) is 341 Å². The molecule has 0 aromatic carbocycles. The number of rotatable bonds is 67. The van der Waals surface area contributed by atoms with Gasteiger partial charge < -0.3 is 27.9 Å². The molecule has 0 aromatic rings. The zero-order valence-corrected chi connectivity index (χ0v) is 57.9. The van der Waals surface area contributed by atoms with Crippen molar-refractivity contribution in [2.24, 2.45) is 0 Å². The lowest BCUT2D eigenvalue weighted by atomic mass is 10.0. The molecule has 0 radical (unpaired) electrons. The van der Waals surface area contributed by atoms with Crippen LogP contribution >= 0.6 is 7.82 Å². The van der Waals surface area contributed by atoms with Crippen molar-refractivity contribution >= 4 is 19.8 Å². The number of ether oxygens (including phenoxy) is 2. The Kier molecular flexibility index (Phi) is 64.4. The van der Waals surface area contributed by atoms with Crippen LogP contribution in [0.1, 0.15) is 335 Å². The smallest absolute Gasteiger partial charge is 0.306 e. The summed E-state index contributed by atoms with van der Waals surface area (Å²) in [5, 5.41) is 0. The largest absolute Gasteiger partial charge is 0.756 e. The number of quaternary nitrogens is 1. The number of carbonyl (C=O) groups is 2. The first-order valence-corrected chi connectivity index (χ1v) is 37.8. The van der Waals surface area contributed by atoms with E-state index < -0.39 is 26.5 Å². The summed E-state index contributed by atoms with van der Waals surface area (Å²) in [7, 11) is 1.18. The maximum absolute atomic E-state index is 12.9. The van der Waals surface area contributed by atoms with Crippen molar-refractivity contribution in [2.75, 3.05) is 47.5 Å². The van der Waals surface area contributed by atoms with Crippen molar-refractivity contribution in [1.82, 2.24) is 0 Å². The molecule has 0 aliphatic heterocycles. The van der Waals surface area contributed by atoms with Gasteiger partial charge >= 0.3 is 11.9 Å². The molecule has 0 aliphatic carbocycles. The van der Waals surface area contributed by atoms with E-state index in [2.05, 4.69) is 98.9 Å². The summed E-state index contributed by atoms with van der Waals surface area (Å²) in [4.78, 5) is 38.1. The standard InChI is InChI=1S/C76H138NO8P/c1-6-8-10-12-14-16-18-20-22-24-26-28-30-32-34-36-37-38-39-41-43-45-47-49-51-53-55-57-59-61-63-65-67-69-76(79)85-74(73-84-86(80,81)83-71-70-77(3,4)5)72-82-75(78)68-66-64-62-60-58-56-54-52-50-48-46-44-42-40-35-33-31-29-27-25-23-21-19-17-15-13-11-9-7-2/h8,10,14,16,19-22,25-28,32,34,74H,6-7,9,11-13,15,17-18,23-24,29-31,33,35-73H2,1-5H3/b10-8-,16-14-,21-19-,22-20-,27-25-,28-26-,34-32-. The van der Waals surface area contributed by atoms with Gasteiger partial charge in [0.1, 0.15) is 19.8 Å². The van der Waals surface area contributed by atoms with Gasteiger partial charge in [0.15, 0.2) is 6.10 Å². The molecule has 10 heteroatoms. The Morgan fingerprint density at radius 1 is 0.372 bits per heavy atom. The molecule has 0 heterocycles. The number of esters is 2. The number of nitrogens with zero attached hydrogens (tertiary/aromatic N) is 1. The molecule has 2 atom stereocenters. The Morgan fingerprint density at radius 2 is 0.663 bits per heavy atom. The Bertz CT molecular complexity index is 1730. The average molecular weight is 1220 g/mol. The highest BCUT2D eigenvalue weighted by molar-refractivity contribution is 7.45. The molecule has 86 heavy (non-hydrogen) atoms. The third-order valence-electron chi connectivity index (χ3n) is 15.9. The molecule has 0 bridgehead atoms. The lowest BCUT2D eigenvalue weighted by Gasteiger charge is -2.28. The van der Waals surface area contributed by atoms with Gasteiger partial charge in [0, 0.05) is 12.8 Å². The van der Waals surface area contributed by atoms with Gasteiger partial charge in [-0.1, -0.05) is 317 Å². The highest BCUT2D eigenvalue weighted by Gasteiger charge is 2.22. The van der Waals surface area contributed by atoms with Gasteiger partial charge in [-0.15, -0.1) is 0 Å². The van der Waals surface area contributed by atoms with E-state index in [1.54, 1.807) is 0 Å². The predicted octanol–water partition coefficient (Wildman–Crippen LogP) is 23.1. The molecule has 0 aromatic heterocycles. The lowest BCUT2D eigenvalue weighted by Crippen LogP contribution is -2.37. The van der Waals surface area contributed by atoms with Crippen LogP contribution in [-0.2, 0) is 32.7 Å². The molecule has 0 fully saturated rings. The second-order valence-electron chi connectivity index (χ2n) is 25.6. The summed E-state index contributed by atoms with van der Waals surface area (Å²) in [6.07, 6.45) is 91.0. The second kappa shape index (κ2) is 66.6. The van der Waals surface area contributed by atoms with Gasteiger partial charge in [-0.05, 0) is 89.9 Å². The second-order valence-corrected chi connectivity index (χ2v) is 27.0. The topological polar surface area (TPSA) is 111 Å². The minimum atomic E-state index is -4.64. The summed E-state index contributed by atoms with van der Waals surface area (Å²) >= 11 is 0. The Balaban J connectivity index is 4.00. The molecule has 0 saturated carbocycles. The van der Waals surface area contributed by atoms with Crippen molar-refractivity contribution in [1.29, 1.82) is 0 Å². The quantitative estimate of drug-likeness (QED) is 0.0195. The zero-order valence-electron chi connectivity index (χ0n) is 57.0. The van der Waals surface area contributed by atoms with Crippen molar-refractivity contribution < 1.29 is 42.1 Å². The van der Waals surface area contributed by atoms with E-state index >= 15 is 0 Å². The Morgan fingerprint density at radius 3 is 0.988 bits per heavy atom. The third kappa shape index (κ3) is 70.3. The molecule has 500 valence electrons. The van der Waals surface area contributed by atoms with Crippen LogP contribution in [0.25, 0.3) is 0 Å². The maximum Gasteiger partial charge on any atom is 0.306 e. The van der Waals surface area contributed by atoms with E-state index in [1.165, 1.54) is 225 Å². The van der Waals surface area contributed by atoms with E-state index in [9.17, 15) is 19.0 Å². The summed E-state index contributed by atoms with van der Waals surface area (Å²) in [5.74, 6) is -0.819. The Hall–Kier alpha value is -2.81. The molecule has 0 spiro atoms. The van der Waals surface area contributed by atoms with Crippen LogP contribution in [0.15, 0.2) is 85.1 Å². The Labute approximate surface area is 532 Å². The van der Waals surface area contributed by atoms with Crippen LogP contribution in [0, 0.1) is 0 Å². The monoisotopic (exact) mass is 1220 g/mol. The molecule has 0 amide bonds. The first kappa shape index (κ1) is 83.2. The van der Waals surface area contributed by atoms with E-state index in [4.69, 9.17) is 18.5 Å². The average Bonchev–Trinajstić information content (AvgIpc) is 3.70. The number of carbonyl (C=O) groups excluding carboxylic acids is 2. The summed E-state index contributed by atoms with van der Waals surface area (Å²) in [5.41, 5.74) is 0. The highest BCUT2D eigenvalue weighted by Crippen LogP contribution is 2.38. The molecule has 0 N–H and O–H groups in total. The molecular formula is C76H138NO8P. The van der Waals surface area contributed by atoms with E-state index in [-0.39, 0.29) is 32.0 Å². The van der Waals surface area contributed by atoms with Crippen molar-refractivity contribution in [3.63, 3.8) is 0 Å². The van der Waals surface area contributed by atoms with Crippen molar-refractivity contribution in [3.05, 3.63) is 85.1 Å². The van der Waals surface area contributed by atoms with Crippen LogP contribution in [0.3, 0.4) is 0 Å². The number of hydrogen-bond donors (Lipinski definition) is 0. The molecule has 2 unspecified atom stereocenters. The number of unbranched alkanes of at least 4 members (excludes halogenated alkanes) is 39. The van der Waals surface area contributed by atoms with Crippen LogP contribution in [0.5, 0.6) is 0 Å². The number of phosphoric ester groups is 1. The number of allylic oxidation sites excluding steroid dienone is 14. The minimum Gasteiger partial charge on any atom is -0.756 e. The van der Waals surface area contributed by atoms with Gasteiger partial charge in [0.2, 0.25) is 0 Å². The molecular weight excluding hydrogens is 1090 g/mol. The minimum absolute atomic E-state index is 0.0312. The fraction of sp³-hybridized carbons (Fsp3) is 0.789. The number of likely N-dealkylation sites (N-methyl/N-ethyl adjacent to an activating group) is 1. The first-order valence-electron chi connectivity index (χ1n) is 36.3. The lowest BCUT2D eigenvalue weighted by molar-refractivity contribution is -0.870. The van der Waals surface area contributed by atoms with Gasteiger partial charge in [-0.25, -0.2) is 0 Å². The van der Waals surface area contributed by atoms with E-state index in [0.29, 0.717) is 17.4 Å². The van der Waals surface area contributed by atoms with Crippen LogP contribution in [0.4, 0.5) is 0 Å². The zero-order chi connectivity index (χ0) is 62.6. The molecule has 0 saturated heterocycles. The summed E-state index contributed by atoms with van der Waals surface area (Å²) in [6.45, 7) is 4.16. The fourth-order valence-corrected chi connectivity index (χ4v) is 11.1. The molecule has 9 nitrogen and oxygen atoms in total. The molecule has 0 aliphatic rings. The van der Waals surface area contributed by atoms with Gasteiger partial charge in [-0.3, -0.25) is 14.2 Å². The summed E-state index contributed by atoms with van der Waals surface area (Å²) in [6, 6.07) is 0. The maximum atomic E-state index is 12.9. The van der Waals surface area contributed by atoms with E-state index in [0.717, 1.165) is 77.0 Å². The number of hydrogen-bond acceptors (Lipinski definition) is 8. The third-order valence-corrected chi connectivity index (χ3v) is 16.9. The van der Waals surface area contributed by atoms with Crippen LogP contribution < -0.4 is 4.89 Å². The van der Waals surface area contributed by atoms with Crippen LogP contribution in [0.2, 0.25) is 0 Å². The van der Waals surface area contributed by atoms with Crippen molar-refractivity contribution in [3.8, 4) is 0 Å². The van der Waals surface area contributed by atoms with Gasteiger partial charge in [0.25, 0.3) is 7.82 Å². The summed E-state index contributed by atoms with van der Waals surface area (Å²) < 4.78 is 34.4. The number of phosphoric acid groups is 1. The van der Waals surface area contributed by atoms with E-state index in [1.807, 2.05) is 21.1 Å². The van der Waals surface area contributed by atoms with Crippen LogP contribution in [-0.4, -0.2) is 70.0 Å². The normalized spacial score (nSPS) is 13.6. The molecule has 0 rings (SSSR count). The van der Waals surface area contributed by atoms with Gasteiger partial charge in [0.05, 0.1) is 27.7 Å². The van der Waals surface area contributed by atoms with Gasteiger partial charge in [-0.2, -0.15) is 0 Å². The predicted molar refractivity (Wildman–Crippen MR) is 369 cm³/mol. The fourth-order valence-electron chi connectivity index (χ4n) is 10.4.